The molecule has 1 atom stereocenters. The lowest BCUT2D eigenvalue weighted by molar-refractivity contribution is 0.175. The van der Waals surface area contributed by atoms with Crippen LogP contribution in [0, 0.1) is 3.57 Å². The highest BCUT2D eigenvalue weighted by molar-refractivity contribution is 14.1. The van der Waals surface area contributed by atoms with Gasteiger partial charge in [0.15, 0.2) is 0 Å². The molecule has 0 aliphatic rings. The van der Waals surface area contributed by atoms with Gasteiger partial charge in [-0.1, -0.05) is 11.6 Å². The van der Waals surface area contributed by atoms with Crippen LogP contribution in [-0.2, 0) is 6.42 Å². The summed E-state index contributed by atoms with van der Waals surface area (Å²) in [5.74, 6) is 0.767. The number of aromatic amines is 1. The van der Waals surface area contributed by atoms with Crippen LogP contribution in [0.25, 0.3) is 0 Å². The first kappa shape index (κ1) is 11.9. The summed E-state index contributed by atoms with van der Waals surface area (Å²) in [6.45, 7) is 0. The topological polar surface area (TPSA) is 48.9 Å². The Labute approximate surface area is 112 Å². The summed E-state index contributed by atoms with van der Waals surface area (Å²) >= 11 is 8.09. The standard InChI is InChI=1S/C11H10ClIN2O/c12-7-1-2-9(13)8(5-7)10(16)6-11-14-3-4-15-11/h1-5,10,16H,6H2,(H,14,15). The molecule has 0 saturated heterocycles. The van der Waals surface area contributed by atoms with E-state index >= 15 is 0 Å². The Hall–Kier alpha value is -0.590. The van der Waals surface area contributed by atoms with Crippen molar-refractivity contribution >= 4 is 34.2 Å². The Morgan fingerprint density at radius 2 is 2.31 bits per heavy atom. The molecule has 2 N–H and O–H groups in total. The summed E-state index contributed by atoms with van der Waals surface area (Å²) < 4.78 is 1.00. The summed E-state index contributed by atoms with van der Waals surface area (Å²) in [6, 6.07) is 5.49. The van der Waals surface area contributed by atoms with Crippen molar-refractivity contribution in [3.63, 3.8) is 0 Å². The van der Waals surface area contributed by atoms with Crippen molar-refractivity contribution in [3.8, 4) is 0 Å². The predicted octanol–water partition coefficient (Wildman–Crippen LogP) is 2.94. The Morgan fingerprint density at radius 3 is 3.00 bits per heavy atom. The first-order valence-electron chi connectivity index (χ1n) is 4.78. The normalized spacial score (nSPS) is 12.7. The number of aliphatic hydroxyl groups is 1. The molecule has 1 aromatic heterocycles. The van der Waals surface area contributed by atoms with Crippen LogP contribution in [0.3, 0.4) is 0 Å². The van der Waals surface area contributed by atoms with Crippen LogP contribution in [0.4, 0.5) is 0 Å². The highest BCUT2D eigenvalue weighted by Gasteiger charge is 2.13. The largest absolute Gasteiger partial charge is 0.388 e. The molecule has 0 saturated carbocycles. The summed E-state index contributed by atoms with van der Waals surface area (Å²) in [5, 5.41) is 10.7. The summed E-state index contributed by atoms with van der Waals surface area (Å²) in [6.07, 6.45) is 3.29. The first-order valence-corrected chi connectivity index (χ1v) is 6.24. The minimum atomic E-state index is -0.586. The van der Waals surface area contributed by atoms with Gasteiger partial charge in [-0.3, -0.25) is 0 Å². The molecule has 5 heteroatoms. The Bertz CT molecular complexity index is 473. The third-order valence-electron chi connectivity index (χ3n) is 2.26. The van der Waals surface area contributed by atoms with Crippen LogP contribution in [0.15, 0.2) is 30.6 Å². The molecule has 0 amide bonds. The van der Waals surface area contributed by atoms with E-state index in [2.05, 4.69) is 32.6 Å². The Morgan fingerprint density at radius 1 is 1.50 bits per heavy atom. The second kappa shape index (κ2) is 5.16. The number of aromatic nitrogens is 2. The summed E-state index contributed by atoms with van der Waals surface area (Å²) in [4.78, 5) is 7.05. The van der Waals surface area contributed by atoms with Crippen LogP contribution in [0.1, 0.15) is 17.5 Å². The van der Waals surface area contributed by atoms with E-state index in [4.69, 9.17) is 11.6 Å². The zero-order chi connectivity index (χ0) is 11.5. The van der Waals surface area contributed by atoms with Crippen molar-refractivity contribution in [2.45, 2.75) is 12.5 Å². The van der Waals surface area contributed by atoms with Gasteiger partial charge in [-0.05, 0) is 46.4 Å². The fraction of sp³-hybridized carbons (Fsp3) is 0.182. The van der Waals surface area contributed by atoms with Gasteiger partial charge >= 0.3 is 0 Å². The molecular formula is C11H10ClIN2O. The van der Waals surface area contributed by atoms with Gasteiger partial charge < -0.3 is 10.1 Å². The second-order valence-corrected chi connectivity index (χ2v) is 5.02. The molecule has 0 aliphatic heterocycles. The summed E-state index contributed by atoms with van der Waals surface area (Å²) in [5.41, 5.74) is 0.838. The first-order chi connectivity index (χ1) is 7.66. The molecule has 16 heavy (non-hydrogen) atoms. The van der Waals surface area contributed by atoms with E-state index < -0.39 is 6.10 Å². The molecule has 0 bridgehead atoms. The van der Waals surface area contributed by atoms with Gasteiger partial charge in [0.1, 0.15) is 5.82 Å². The molecule has 2 rings (SSSR count). The minimum absolute atomic E-state index is 0.462. The maximum absolute atomic E-state index is 10.1. The van der Waals surface area contributed by atoms with E-state index in [-0.39, 0.29) is 0 Å². The van der Waals surface area contributed by atoms with Crippen LogP contribution < -0.4 is 0 Å². The molecule has 1 aromatic carbocycles. The highest BCUT2D eigenvalue weighted by atomic mass is 127. The highest BCUT2D eigenvalue weighted by Crippen LogP contribution is 2.25. The van der Waals surface area contributed by atoms with E-state index in [1.54, 1.807) is 18.5 Å². The van der Waals surface area contributed by atoms with Crippen molar-refractivity contribution in [2.75, 3.05) is 0 Å². The van der Waals surface area contributed by atoms with Crippen molar-refractivity contribution in [1.29, 1.82) is 0 Å². The number of hydrogen-bond acceptors (Lipinski definition) is 2. The number of aliphatic hydroxyl groups excluding tert-OH is 1. The molecular weight excluding hydrogens is 338 g/mol. The SMILES string of the molecule is OC(Cc1ncc[nH]1)c1cc(Cl)ccc1I. The molecule has 0 aliphatic carbocycles. The number of H-pyrrole nitrogens is 1. The van der Waals surface area contributed by atoms with Gasteiger partial charge in [0, 0.05) is 27.4 Å². The molecule has 3 nitrogen and oxygen atoms in total. The van der Waals surface area contributed by atoms with Crippen molar-refractivity contribution in [1.82, 2.24) is 9.97 Å². The third-order valence-corrected chi connectivity index (χ3v) is 3.48. The fourth-order valence-corrected chi connectivity index (χ4v) is 2.35. The number of benzene rings is 1. The van der Waals surface area contributed by atoms with Crippen LogP contribution in [-0.4, -0.2) is 15.1 Å². The number of rotatable bonds is 3. The van der Waals surface area contributed by atoms with Gasteiger partial charge in [0.25, 0.3) is 0 Å². The number of hydrogen-bond donors (Lipinski definition) is 2. The Kier molecular flexibility index (Phi) is 3.83. The molecule has 1 unspecified atom stereocenters. The van der Waals surface area contributed by atoms with E-state index in [1.165, 1.54) is 0 Å². The van der Waals surface area contributed by atoms with Crippen LogP contribution in [0.2, 0.25) is 5.02 Å². The average molecular weight is 349 g/mol. The predicted molar refractivity (Wildman–Crippen MR) is 71.4 cm³/mol. The summed E-state index contributed by atoms with van der Waals surface area (Å²) in [7, 11) is 0. The van der Waals surface area contributed by atoms with E-state index in [0.717, 1.165) is 15.0 Å². The number of halogens is 2. The lowest BCUT2D eigenvalue weighted by Gasteiger charge is -2.11. The molecule has 0 radical (unpaired) electrons. The maximum Gasteiger partial charge on any atom is 0.108 e. The van der Waals surface area contributed by atoms with E-state index in [9.17, 15) is 5.11 Å². The zero-order valence-corrected chi connectivity index (χ0v) is 11.2. The minimum Gasteiger partial charge on any atom is -0.388 e. The van der Waals surface area contributed by atoms with Gasteiger partial charge in [0.2, 0.25) is 0 Å². The van der Waals surface area contributed by atoms with Gasteiger partial charge in [-0.15, -0.1) is 0 Å². The van der Waals surface area contributed by atoms with Gasteiger partial charge in [-0.25, -0.2) is 4.98 Å². The van der Waals surface area contributed by atoms with Crippen molar-refractivity contribution < 1.29 is 5.11 Å². The molecule has 2 aromatic rings. The van der Waals surface area contributed by atoms with Gasteiger partial charge in [0.05, 0.1) is 6.10 Å². The van der Waals surface area contributed by atoms with E-state index in [0.29, 0.717) is 11.4 Å². The fourth-order valence-electron chi connectivity index (χ4n) is 1.47. The van der Waals surface area contributed by atoms with Crippen LogP contribution >= 0.6 is 34.2 Å². The number of imidazole rings is 1. The number of nitrogens with one attached hydrogen (secondary N) is 1. The molecule has 0 spiro atoms. The molecule has 0 fully saturated rings. The smallest absolute Gasteiger partial charge is 0.108 e. The quantitative estimate of drug-likeness (QED) is 0.838. The van der Waals surface area contributed by atoms with Gasteiger partial charge in [-0.2, -0.15) is 0 Å². The average Bonchev–Trinajstić information content (AvgIpc) is 2.74. The van der Waals surface area contributed by atoms with Crippen molar-refractivity contribution in [2.24, 2.45) is 0 Å². The van der Waals surface area contributed by atoms with E-state index in [1.807, 2.05) is 12.1 Å². The van der Waals surface area contributed by atoms with Crippen molar-refractivity contribution in [3.05, 3.63) is 50.6 Å². The second-order valence-electron chi connectivity index (χ2n) is 3.42. The number of nitrogens with zero attached hydrogens (tertiary/aromatic N) is 1. The zero-order valence-electron chi connectivity index (χ0n) is 8.32. The third kappa shape index (κ3) is 2.75. The van der Waals surface area contributed by atoms with Crippen LogP contribution in [0.5, 0.6) is 0 Å². The lowest BCUT2D eigenvalue weighted by atomic mass is 10.1. The molecule has 84 valence electrons. The molecule has 1 heterocycles. The monoisotopic (exact) mass is 348 g/mol. The Balaban J connectivity index is 2.20. The maximum atomic E-state index is 10.1. The lowest BCUT2D eigenvalue weighted by Crippen LogP contribution is -2.05.